The first-order valence-electron chi connectivity index (χ1n) is 10.0. The maximum atomic E-state index is 12.4. The average Bonchev–Trinajstić information content (AvgIpc) is 3.04. The van der Waals surface area contributed by atoms with Gasteiger partial charge in [0.1, 0.15) is 0 Å². The predicted octanol–water partition coefficient (Wildman–Crippen LogP) is 4.87. The Balaban J connectivity index is 1.85. The largest absolute Gasteiger partial charge is 0.358 e. The number of nitrogens with one attached hydrogen (secondary N) is 1. The lowest BCUT2D eigenvalue weighted by molar-refractivity contribution is -0.143. The van der Waals surface area contributed by atoms with Gasteiger partial charge in [0.2, 0.25) is 11.8 Å². The molecule has 3 rings (SSSR count). The molecule has 1 aromatic heterocycles. The number of carbonyl (C=O) groups excluding carboxylic acids is 2. The van der Waals surface area contributed by atoms with Gasteiger partial charge < -0.3 is 4.98 Å². The van der Waals surface area contributed by atoms with Gasteiger partial charge >= 0.3 is 0 Å². The molecule has 0 unspecified atom stereocenters. The van der Waals surface area contributed by atoms with Crippen molar-refractivity contribution in [3.8, 4) is 0 Å². The first kappa shape index (κ1) is 19.9. The highest BCUT2D eigenvalue weighted by Gasteiger charge is 2.19. The molecule has 0 aliphatic rings. The Kier molecular flexibility index (Phi) is 6.64. The van der Waals surface area contributed by atoms with E-state index in [0.29, 0.717) is 19.4 Å². The molecule has 3 aromatic rings. The molecule has 4 heteroatoms. The molecule has 146 valence electrons. The van der Waals surface area contributed by atoms with E-state index in [0.717, 1.165) is 35.9 Å². The van der Waals surface area contributed by atoms with Crippen LogP contribution in [0.1, 0.15) is 49.9 Å². The van der Waals surface area contributed by atoms with Crippen molar-refractivity contribution in [3.63, 3.8) is 0 Å². The highest BCUT2D eigenvalue weighted by Crippen LogP contribution is 2.25. The number of rotatable bonds is 8. The van der Waals surface area contributed by atoms with E-state index in [9.17, 15) is 9.59 Å². The summed E-state index contributed by atoms with van der Waals surface area (Å²) in [6.07, 6.45) is 3.65. The van der Waals surface area contributed by atoms with Crippen LogP contribution in [-0.2, 0) is 22.4 Å². The van der Waals surface area contributed by atoms with E-state index in [4.69, 9.17) is 0 Å². The van der Waals surface area contributed by atoms with E-state index in [1.165, 1.54) is 23.0 Å². The molecule has 0 aliphatic carbocycles. The molecule has 1 heterocycles. The van der Waals surface area contributed by atoms with Crippen molar-refractivity contribution in [3.05, 3.63) is 71.4 Å². The van der Waals surface area contributed by atoms with Gasteiger partial charge in [-0.15, -0.1) is 0 Å². The molecule has 0 saturated carbocycles. The van der Waals surface area contributed by atoms with Gasteiger partial charge in [0.25, 0.3) is 0 Å². The Morgan fingerprint density at radius 3 is 2.43 bits per heavy atom. The molecule has 2 amide bonds. The Bertz CT molecular complexity index is 944. The van der Waals surface area contributed by atoms with E-state index in [1.807, 2.05) is 37.3 Å². The van der Waals surface area contributed by atoms with Crippen molar-refractivity contribution >= 4 is 22.7 Å². The molecular weight excluding hydrogens is 348 g/mol. The summed E-state index contributed by atoms with van der Waals surface area (Å²) in [5.74, 6) is -0.246. The number of benzene rings is 2. The van der Waals surface area contributed by atoms with Crippen LogP contribution in [0.25, 0.3) is 10.9 Å². The fourth-order valence-electron chi connectivity index (χ4n) is 3.64. The first-order valence-corrected chi connectivity index (χ1v) is 10.0. The van der Waals surface area contributed by atoms with Gasteiger partial charge in [-0.2, -0.15) is 0 Å². The van der Waals surface area contributed by atoms with Crippen molar-refractivity contribution in [2.24, 2.45) is 0 Å². The first-order chi connectivity index (χ1) is 13.6. The number of nitrogens with zero attached hydrogens (tertiary/aromatic N) is 1. The molecular formula is C24H28N2O2. The van der Waals surface area contributed by atoms with E-state index in [-0.39, 0.29) is 11.8 Å². The normalized spacial score (nSPS) is 10.9. The summed E-state index contributed by atoms with van der Waals surface area (Å²) >= 11 is 0. The molecule has 2 aromatic carbocycles. The minimum atomic E-state index is -0.175. The minimum Gasteiger partial charge on any atom is -0.358 e. The van der Waals surface area contributed by atoms with Crippen LogP contribution >= 0.6 is 0 Å². The number of hydrogen-bond acceptors (Lipinski definition) is 2. The second-order valence-corrected chi connectivity index (χ2v) is 7.21. The van der Waals surface area contributed by atoms with Gasteiger partial charge in [0.05, 0.1) is 0 Å². The van der Waals surface area contributed by atoms with Crippen molar-refractivity contribution in [2.45, 2.75) is 46.0 Å². The fraction of sp³-hybridized carbons (Fsp3) is 0.333. The maximum Gasteiger partial charge on any atom is 0.229 e. The number of carbonyl (C=O) groups is 2. The highest BCUT2D eigenvalue weighted by molar-refractivity contribution is 5.94. The zero-order chi connectivity index (χ0) is 19.9. The second-order valence-electron chi connectivity index (χ2n) is 7.21. The third-order valence-corrected chi connectivity index (χ3v) is 5.14. The van der Waals surface area contributed by atoms with Gasteiger partial charge in [-0.3, -0.25) is 14.5 Å². The molecule has 0 atom stereocenters. The van der Waals surface area contributed by atoms with Gasteiger partial charge in [0, 0.05) is 42.9 Å². The van der Waals surface area contributed by atoms with Gasteiger partial charge in [0.15, 0.2) is 0 Å². The van der Waals surface area contributed by atoms with Gasteiger partial charge in [-0.05, 0) is 30.0 Å². The third kappa shape index (κ3) is 4.69. The van der Waals surface area contributed by atoms with E-state index in [1.54, 1.807) is 0 Å². The lowest BCUT2D eigenvalue weighted by atomic mass is 10.0. The summed E-state index contributed by atoms with van der Waals surface area (Å²) in [4.78, 5) is 29.4. The summed E-state index contributed by atoms with van der Waals surface area (Å²) in [5, 5.41) is 1.16. The maximum absolute atomic E-state index is 12.4. The smallest absolute Gasteiger partial charge is 0.229 e. The van der Waals surface area contributed by atoms with Crippen molar-refractivity contribution in [2.75, 3.05) is 6.54 Å². The Labute approximate surface area is 166 Å². The molecule has 0 aliphatic heterocycles. The number of aromatic amines is 1. The lowest BCUT2D eigenvalue weighted by Crippen LogP contribution is -2.36. The molecule has 0 spiro atoms. The van der Waals surface area contributed by atoms with Gasteiger partial charge in [-0.1, -0.05) is 61.9 Å². The van der Waals surface area contributed by atoms with Crippen molar-refractivity contribution < 1.29 is 9.59 Å². The Morgan fingerprint density at radius 2 is 1.71 bits per heavy atom. The fourth-order valence-corrected chi connectivity index (χ4v) is 3.64. The number of amides is 2. The predicted molar refractivity (Wildman–Crippen MR) is 113 cm³/mol. The van der Waals surface area contributed by atoms with Crippen molar-refractivity contribution in [1.29, 1.82) is 0 Å². The number of para-hydroxylation sites is 1. The number of unbranched alkanes of at least 4 members (excludes halogenated alkanes) is 1. The number of fused-ring (bicyclic) bond motifs is 1. The van der Waals surface area contributed by atoms with Crippen LogP contribution in [0, 0.1) is 0 Å². The summed E-state index contributed by atoms with van der Waals surface area (Å²) in [6, 6.07) is 18.6. The number of H-pyrrole nitrogens is 1. The number of hydrogen-bond donors (Lipinski definition) is 1. The number of aromatic nitrogens is 1. The van der Waals surface area contributed by atoms with Crippen LogP contribution in [0.5, 0.6) is 0 Å². The molecule has 0 radical (unpaired) electrons. The molecule has 4 nitrogen and oxygen atoms in total. The Morgan fingerprint density at radius 1 is 1.00 bits per heavy atom. The summed E-state index contributed by atoms with van der Waals surface area (Å²) in [7, 11) is 0. The molecule has 0 saturated heterocycles. The minimum absolute atomic E-state index is 0.0706. The van der Waals surface area contributed by atoms with E-state index >= 15 is 0 Å². The zero-order valence-corrected chi connectivity index (χ0v) is 16.7. The van der Waals surface area contributed by atoms with Crippen LogP contribution in [-0.4, -0.2) is 28.2 Å². The standard InChI is InChI=1S/C24H28N2O2/c1-3-4-14-24(28)26(18(2)27)16-15-21-20-12-8-9-13-22(20)25-23(21)17-19-10-6-5-7-11-19/h5-13,25H,3-4,14-17H2,1-2H3. The topological polar surface area (TPSA) is 53.2 Å². The Hall–Kier alpha value is -2.88. The van der Waals surface area contributed by atoms with Gasteiger partial charge in [-0.25, -0.2) is 0 Å². The zero-order valence-electron chi connectivity index (χ0n) is 16.7. The summed E-state index contributed by atoms with van der Waals surface area (Å²) < 4.78 is 0. The lowest BCUT2D eigenvalue weighted by Gasteiger charge is -2.19. The highest BCUT2D eigenvalue weighted by atomic mass is 16.2. The average molecular weight is 377 g/mol. The monoisotopic (exact) mass is 376 g/mol. The van der Waals surface area contributed by atoms with Crippen molar-refractivity contribution in [1.82, 2.24) is 9.88 Å². The van der Waals surface area contributed by atoms with Crippen LogP contribution in [0.15, 0.2) is 54.6 Å². The van der Waals surface area contributed by atoms with Crippen LogP contribution < -0.4 is 0 Å². The quantitative estimate of drug-likeness (QED) is 0.610. The van der Waals surface area contributed by atoms with Crippen LogP contribution in [0.4, 0.5) is 0 Å². The molecule has 0 bridgehead atoms. The third-order valence-electron chi connectivity index (χ3n) is 5.14. The van der Waals surface area contributed by atoms with E-state index in [2.05, 4.69) is 29.2 Å². The molecule has 0 fully saturated rings. The van der Waals surface area contributed by atoms with Crippen LogP contribution in [0.3, 0.4) is 0 Å². The second kappa shape index (κ2) is 9.36. The van der Waals surface area contributed by atoms with Crippen LogP contribution in [0.2, 0.25) is 0 Å². The number of imide groups is 1. The molecule has 1 N–H and O–H groups in total. The SMILES string of the molecule is CCCCC(=O)N(CCc1c(Cc2ccccc2)[nH]c2ccccc12)C(C)=O. The van der Waals surface area contributed by atoms with E-state index < -0.39 is 0 Å². The molecule has 28 heavy (non-hydrogen) atoms. The summed E-state index contributed by atoms with van der Waals surface area (Å²) in [5.41, 5.74) is 4.67. The summed E-state index contributed by atoms with van der Waals surface area (Å²) in [6.45, 7) is 3.94.